The Morgan fingerprint density at radius 1 is 1.06 bits per heavy atom. The van der Waals surface area contributed by atoms with Crippen molar-refractivity contribution >= 4 is 0 Å². The van der Waals surface area contributed by atoms with Crippen molar-refractivity contribution in [3.05, 3.63) is 35.9 Å². The van der Waals surface area contributed by atoms with Gasteiger partial charge in [-0.2, -0.15) is 0 Å². The molecule has 0 spiro atoms. The van der Waals surface area contributed by atoms with Gasteiger partial charge in [0.2, 0.25) is 0 Å². The molecule has 2 heteroatoms. The third-order valence-corrected chi connectivity index (χ3v) is 2.45. The summed E-state index contributed by atoms with van der Waals surface area (Å²) in [5.41, 5.74) is 1.40. The first kappa shape index (κ1) is 13.2. The Morgan fingerprint density at radius 3 is 2.62 bits per heavy atom. The van der Waals surface area contributed by atoms with E-state index in [1.807, 2.05) is 0 Å². The van der Waals surface area contributed by atoms with E-state index in [2.05, 4.69) is 42.6 Å². The van der Waals surface area contributed by atoms with Crippen LogP contribution in [0.4, 0.5) is 0 Å². The maximum Gasteiger partial charge on any atom is 0.0590 e. The maximum absolute atomic E-state index is 5.54. The zero-order valence-electron chi connectivity index (χ0n) is 10.2. The zero-order valence-corrected chi connectivity index (χ0v) is 10.2. The molecule has 0 saturated carbocycles. The molecule has 1 rings (SSSR count). The van der Waals surface area contributed by atoms with E-state index in [1.165, 1.54) is 12.0 Å². The molecule has 0 saturated heterocycles. The van der Waals surface area contributed by atoms with Crippen LogP contribution in [0.2, 0.25) is 0 Å². The van der Waals surface area contributed by atoms with Crippen LogP contribution in [-0.2, 0) is 11.2 Å². The molecular formula is C14H23NO. The summed E-state index contributed by atoms with van der Waals surface area (Å²) in [6, 6.07) is 10.6. The Labute approximate surface area is 99.0 Å². The van der Waals surface area contributed by atoms with Crippen molar-refractivity contribution in [3.63, 3.8) is 0 Å². The van der Waals surface area contributed by atoms with Gasteiger partial charge >= 0.3 is 0 Å². The van der Waals surface area contributed by atoms with Crippen LogP contribution in [0.3, 0.4) is 0 Å². The first-order chi connectivity index (χ1) is 7.93. The molecule has 0 radical (unpaired) electrons. The van der Waals surface area contributed by atoms with E-state index in [0.29, 0.717) is 0 Å². The van der Waals surface area contributed by atoms with Crippen LogP contribution in [0, 0.1) is 0 Å². The van der Waals surface area contributed by atoms with Crippen LogP contribution in [-0.4, -0.2) is 26.3 Å². The summed E-state index contributed by atoms with van der Waals surface area (Å²) in [5.74, 6) is 0. The molecule has 0 unspecified atom stereocenters. The lowest BCUT2D eigenvalue weighted by atomic mass is 10.1. The van der Waals surface area contributed by atoms with E-state index >= 15 is 0 Å². The minimum atomic E-state index is 0.828. The van der Waals surface area contributed by atoms with Gasteiger partial charge in [-0.25, -0.2) is 0 Å². The maximum atomic E-state index is 5.54. The Morgan fingerprint density at radius 2 is 1.88 bits per heavy atom. The quantitative estimate of drug-likeness (QED) is 0.647. The molecule has 0 bridgehead atoms. The lowest BCUT2D eigenvalue weighted by molar-refractivity contribution is 0.134. The van der Waals surface area contributed by atoms with Gasteiger partial charge in [0, 0.05) is 13.2 Å². The first-order valence-corrected chi connectivity index (χ1v) is 6.26. The Balaban J connectivity index is 1.89. The molecule has 90 valence electrons. The minimum Gasteiger partial charge on any atom is -0.380 e. The Kier molecular flexibility index (Phi) is 7.74. The van der Waals surface area contributed by atoms with Crippen molar-refractivity contribution in [3.8, 4) is 0 Å². The SMILES string of the molecule is CCCNCCOCCCc1ccccc1. The van der Waals surface area contributed by atoms with Crippen LogP contribution < -0.4 is 5.32 Å². The third kappa shape index (κ3) is 6.59. The molecule has 0 aliphatic carbocycles. The summed E-state index contributed by atoms with van der Waals surface area (Å²) in [6.45, 7) is 5.93. The van der Waals surface area contributed by atoms with E-state index in [0.717, 1.165) is 39.1 Å². The zero-order chi connectivity index (χ0) is 11.5. The molecular weight excluding hydrogens is 198 g/mol. The predicted molar refractivity (Wildman–Crippen MR) is 68.7 cm³/mol. The molecule has 1 N–H and O–H groups in total. The summed E-state index contributed by atoms with van der Waals surface area (Å²) in [5, 5.41) is 3.32. The highest BCUT2D eigenvalue weighted by atomic mass is 16.5. The van der Waals surface area contributed by atoms with Crippen molar-refractivity contribution < 1.29 is 4.74 Å². The monoisotopic (exact) mass is 221 g/mol. The van der Waals surface area contributed by atoms with Crippen molar-refractivity contribution in [2.75, 3.05) is 26.3 Å². The Bertz CT molecular complexity index is 248. The molecule has 0 aliphatic rings. The molecule has 16 heavy (non-hydrogen) atoms. The molecule has 0 heterocycles. The Hall–Kier alpha value is -0.860. The molecule has 0 fully saturated rings. The van der Waals surface area contributed by atoms with E-state index in [4.69, 9.17) is 4.74 Å². The number of nitrogens with one attached hydrogen (secondary N) is 1. The normalized spacial score (nSPS) is 10.6. The standard InChI is InChI=1S/C14H23NO/c1-2-10-15-11-13-16-12-6-9-14-7-4-3-5-8-14/h3-5,7-8,15H,2,6,9-13H2,1H3. The minimum absolute atomic E-state index is 0.828. The predicted octanol–water partition coefficient (Wildman–Crippen LogP) is 2.64. The molecule has 0 atom stereocenters. The van der Waals surface area contributed by atoms with Gasteiger partial charge < -0.3 is 10.1 Å². The van der Waals surface area contributed by atoms with E-state index in [1.54, 1.807) is 0 Å². The summed E-state index contributed by atoms with van der Waals surface area (Å²) in [7, 11) is 0. The number of hydrogen-bond donors (Lipinski definition) is 1. The smallest absolute Gasteiger partial charge is 0.0590 e. The van der Waals surface area contributed by atoms with Crippen LogP contribution in [0.5, 0.6) is 0 Å². The first-order valence-electron chi connectivity index (χ1n) is 6.26. The fraction of sp³-hybridized carbons (Fsp3) is 0.571. The van der Waals surface area contributed by atoms with E-state index in [9.17, 15) is 0 Å². The second kappa shape index (κ2) is 9.37. The van der Waals surface area contributed by atoms with Crippen molar-refractivity contribution in [1.82, 2.24) is 5.32 Å². The average molecular weight is 221 g/mol. The largest absolute Gasteiger partial charge is 0.380 e. The lowest BCUT2D eigenvalue weighted by Crippen LogP contribution is -2.20. The molecule has 2 nitrogen and oxygen atoms in total. The highest BCUT2D eigenvalue weighted by molar-refractivity contribution is 5.14. The fourth-order valence-electron chi connectivity index (χ4n) is 1.57. The average Bonchev–Trinajstić information content (AvgIpc) is 2.34. The van der Waals surface area contributed by atoms with Gasteiger partial charge in [0.25, 0.3) is 0 Å². The van der Waals surface area contributed by atoms with Gasteiger partial charge in [-0.15, -0.1) is 0 Å². The summed E-state index contributed by atoms with van der Waals surface area (Å²) in [4.78, 5) is 0. The van der Waals surface area contributed by atoms with Gasteiger partial charge in [-0.3, -0.25) is 0 Å². The molecule has 1 aromatic rings. The number of ether oxygens (including phenoxy) is 1. The molecule has 0 amide bonds. The molecule has 0 aromatic heterocycles. The van der Waals surface area contributed by atoms with E-state index < -0.39 is 0 Å². The highest BCUT2D eigenvalue weighted by Gasteiger charge is 1.92. The van der Waals surface area contributed by atoms with E-state index in [-0.39, 0.29) is 0 Å². The van der Waals surface area contributed by atoms with Crippen LogP contribution in [0.1, 0.15) is 25.3 Å². The number of rotatable bonds is 9. The van der Waals surface area contributed by atoms with Gasteiger partial charge in [-0.05, 0) is 31.4 Å². The second-order valence-corrected chi connectivity index (χ2v) is 3.95. The summed E-state index contributed by atoms with van der Waals surface area (Å²) >= 11 is 0. The lowest BCUT2D eigenvalue weighted by Gasteiger charge is -2.05. The fourth-order valence-corrected chi connectivity index (χ4v) is 1.57. The van der Waals surface area contributed by atoms with Gasteiger partial charge in [-0.1, -0.05) is 37.3 Å². The van der Waals surface area contributed by atoms with Crippen molar-refractivity contribution in [2.24, 2.45) is 0 Å². The number of benzene rings is 1. The van der Waals surface area contributed by atoms with Gasteiger partial charge in [0.1, 0.15) is 0 Å². The number of hydrogen-bond acceptors (Lipinski definition) is 2. The topological polar surface area (TPSA) is 21.3 Å². The van der Waals surface area contributed by atoms with Crippen LogP contribution in [0.25, 0.3) is 0 Å². The number of aryl methyl sites for hydroxylation is 1. The van der Waals surface area contributed by atoms with Gasteiger partial charge in [0.15, 0.2) is 0 Å². The third-order valence-electron chi connectivity index (χ3n) is 2.45. The van der Waals surface area contributed by atoms with Crippen molar-refractivity contribution in [2.45, 2.75) is 26.2 Å². The van der Waals surface area contributed by atoms with Gasteiger partial charge in [0.05, 0.1) is 6.61 Å². The highest BCUT2D eigenvalue weighted by Crippen LogP contribution is 2.01. The summed E-state index contributed by atoms with van der Waals surface area (Å²) in [6.07, 6.45) is 3.41. The second-order valence-electron chi connectivity index (χ2n) is 3.95. The molecule has 0 aliphatic heterocycles. The summed E-state index contributed by atoms with van der Waals surface area (Å²) < 4.78 is 5.54. The molecule has 1 aromatic carbocycles. The van der Waals surface area contributed by atoms with Crippen molar-refractivity contribution in [1.29, 1.82) is 0 Å². The van der Waals surface area contributed by atoms with Crippen LogP contribution >= 0.6 is 0 Å². The van der Waals surface area contributed by atoms with Crippen LogP contribution in [0.15, 0.2) is 30.3 Å².